The Morgan fingerprint density at radius 1 is 1.50 bits per heavy atom. The molecule has 0 unspecified atom stereocenters. The van der Waals surface area contributed by atoms with Crippen molar-refractivity contribution in [3.8, 4) is 0 Å². The summed E-state index contributed by atoms with van der Waals surface area (Å²) in [6, 6.07) is 6.71. The summed E-state index contributed by atoms with van der Waals surface area (Å²) in [5, 5.41) is 7.36. The Labute approximate surface area is 107 Å². The summed E-state index contributed by atoms with van der Waals surface area (Å²) in [5.41, 5.74) is 6.47. The SMILES string of the molecule is CN(c1cccc(C(=N)N)c1)S(=O)(=O)CC1CC1. The molecular weight excluding hydrogens is 250 g/mol. The number of nitrogens with zero attached hydrogens (tertiary/aromatic N) is 1. The summed E-state index contributed by atoms with van der Waals surface area (Å²) in [7, 11) is -1.73. The number of nitrogens with two attached hydrogens (primary N) is 1. The maximum atomic E-state index is 12.1. The van der Waals surface area contributed by atoms with Crippen molar-refractivity contribution in [2.24, 2.45) is 11.7 Å². The van der Waals surface area contributed by atoms with E-state index in [2.05, 4.69) is 0 Å². The molecule has 1 saturated carbocycles. The molecule has 1 aromatic carbocycles. The Bertz CT molecular complexity index is 564. The lowest BCUT2D eigenvalue weighted by atomic mass is 10.2. The van der Waals surface area contributed by atoms with Crippen LogP contribution in [0, 0.1) is 11.3 Å². The van der Waals surface area contributed by atoms with Gasteiger partial charge < -0.3 is 5.73 Å². The van der Waals surface area contributed by atoms with Crippen LogP contribution in [0.15, 0.2) is 24.3 Å². The largest absolute Gasteiger partial charge is 0.384 e. The van der Waals surface area contributed by atoms with E-state index in [9.17, 15) is 8.42 Å². The molecule has 5 nitrogen and oxygen atoms in total. The van der Waals surface area contributed by atoms with E-state index >= 15 is 0 Å². The summed E-state index contributed by atoms with van der Waals surface area (Å²) in [4.78, 5) is 0. The second kappa shape index (κ2) is 4.61. The van der Waals surface area contributed by atoms with Crippen LogP contribution in [0.25, 0.3) is 0 Å². The summed E-state index contributed by atoms with van der Waals surface area (Å²) >= 11 is 0. The van der Waals surface area contributed by atoms with E-state index in [-0.39, 0.29) is 11.6 Å². The van der Waals surface area contributed by atoms with Crippen LogP contribution in [-0.4, -0.2) is 27.1 Å². The minimum absolute atomic E-state index is 0.0650. The molecule has 1 fully saturated rings. The zero-order chi connectivity index (χ0) is 13.3. The number of nitrogens with one attached hydrogen (secondary N) is 1. The molecule has 18 heavy (non-hydrogen) atoms. The van der Waals surface area contributed by atoms with Gasteiger partial charge in [0.05, 0.1) is 11.4 Å². The molecule has 98 valence electrons. The zero-order valence-electron chi connectivity index (χ0n) is 10.3. The van der Waals surface area contributed by atoms with Crippen LogP contribution in [0.5, 0.6) is 0 Å². The molecule has 1 aliphatic rings. The quantitative estimate of drug-likeness (QED) is 0.619. The van der Waals surface area contributed by atoms with Gasteiger partial charge in [0.1, 0.15) is 5.84 Å². The zero-order valence-corrected chi connectivity index (χ0v) is 11.1. The highest BCUT2D eigenvalue weighted by atomic mass is 32.2. The van der Waals surface area contributed by atoms with Crippen molar-refractivity contribution in [2.75, 3.05) is 17.1 Å². The number of nitrogen functional groups attached to an aromatic ring is 1. The normalized spacial score (nSPS) is 15.4. The maximum absolute atomic E-state index is 12.1. The molecule has 1 aromatic rings. The lowest BCUT2D eigenvalue weighted by Crippen LogP contribution is -2.30. The van der Waals surface area contributed by atoms with E-state index in [4.69, 9.17) is 11.1 Å². The van der Waals surface area contributed by atoms with E-state index in [1.807, 2.05) is 0 Å². The third-order valence-corrected chi connectivity index (χ3v) is 5.02. The Balaban J connectivity index is 2.24. The van der Waals surface area contributed by atoms with Crippen molar-refractivity contribution in [3.63, 3.8) is 0 Å². The van der Waals surface area contributed by atoms with Crippen molar-refractivity contribution in [1.82, 2.24) is 0 Å². The number of hydrogen-bond acceptors (Lipinski definition) is 3. The molecule has 0 atom stereocenters. The average molecular weight is 267 g/mol. The first-order valence-corrected chi connectivity index (χ1v) is 7.42. The van der Waals surface area contributed by atoms with E-state index in [0.717, 1.165) is 12.8 Å². The van der Waals surface area contributed by atoms with Crippen LogP contribution in [0.2, 0.25) is 0 Å². The van der Waals surface area contributed by atoms with Gasteiger partial charge >= 0.3 is 0 Å². The lowest BCUT2D eigenvalue weighted by molar-refractivity contribution is 0.590. The number of anilines is 1. The third-order valence-electron chi connectivity index (χ3n) is 3.08. The average Bonchev–Trinajstić information content (AvgIpc) is 3.11. The van der Waals surface area contributed by atoms with Gasteiger partial charge in [0.25, 0.3) is 0 Å². The summed E-state index contributed by atoms with van der Waals surface area (Å²) in [6.07, 6.45) is 2.00. The van der Waals surface area contributed by atoms with Gasteiger partial charge in [0.15, 0.2) is 0 Å². The fraction of sp³-hybridized carbons (Fsp3) is 0.417. The van der Waals surface area contributed by atoms with Gasteiger partial charge in [-0.3, -0.25) is 9.71 Å². The van der Waals surface area contributed by atoms with Gasteiger partial charge in [-0.15, -0.1) is 0 Å². The van der Waals surface area contributed by atoms with E-state index in [1.54, 1.807) is 24.3 Å². The van der Waals surface area contributed by atoms with Crippen molar-refractivity contribution in [3.05, 3.63) is 29.8 Å². The minimum atomic E-state index is -3.27. The van der Waals surface area contributed by atoms with Gasteiger partial charge in [-0.2, -0.15) is 0 Å². The molecule has 0 bridgehead atoms. The van der Waals surface area contributed by atoms with Crippen LogP contribution in [0.1, 0.15) is 18.4 Å². The fourth-order valence-corrected chi connectivity index (χ4v) is 3.31. The van der Waals surface area contributed by atoms with Gasteiger partial charge in [0, 0.05) is 12.6 Å². The second-order valence-corrected chi connectivity index (χ2v) is 6.70. The van der Waals surface area contributed by atoms with Crippen molar-refractivity contribution in [1.29, 1.82) is 5.41 Å². The topological polar surface area (TPSA) is 87.2 Å². The van der Waals surface area contributed by atoms with Crippen molar-refractivity contribution >= 4 is 21.5 Å². The summed E-state index contributed by atoms with van der Waals surface area (Å²) in [5.74, 6) is 0.451. The first-order chi connectivity index (χ1) is 8.40. The first kappa shape index (κ1) is 12.9. The lowest BCUT2D eigenvalue weighted by Gasteiger charge is -2.19. The fourth-order valence-electron chi connectivity index (χ4n) is 1.72. The minimum Gasteiger partial charge on any atom is -0.384 e. The first-order valence-electron chi connectivity index (χ1n) is 5.81. The molecule has 2 rings (SSSR count). The Hall–Kier alpha value is -1.56. The number of hydrogen-bond donors (Lipinski definition) is 2. The highest BCUT2D eigenvalue weighted by Gasteiger charge is 2.30. The predicted octanol–water partition coefficient (Wildman–Crippen LogP) is 1.15. The summed E-state index contributed by atoms with van der Waals surface area (Å²) < 4.78 is 25.5. The smallest absolute Gasteiger partial charge is 0.235 e. The van der Waals surface area contributed by atoms with Gasteiger partial charge in [0.2, 0.25) is 10.0 Å². The second-order valence-electron chi connectivity index (χ2n) is 4.65. The molecule has 1 aliphatic carbocycles. The number of sulfonamides is 1. The standard InChI is InChI=1S/C12H17N3O2S/c1-15(18(16,17)8-9-5-6-9)11-4-2-3-10(7-11)12(13)14/h2-4,7,9H,5-6,8H2,1H3,(H3,13,14). The number of amidine groups is 1. The Morgan fingerprint density at radius 2 is 2.17 bits per heavy atom. The van der Waals surface area contributed by atoms with Crippen molar-refractivity contribution in [2.45, 2.75) is 12.8 Å². The maximum Gasteiger partial charge on any atom is 0.235 e. The Morgan fingerprint density at radius 3 is 2.72 bits per heavy atom. The van der Waals surface area contributed by atoms with Gasteiger partial charge in [-0.1, -0.05) is 12.1 Å². The molecule has 0 aliphatic heterocycles. The monoisotopic (exact) mass is 267 g/mol. The Kier molecular flexibility index (Phi) is 3.30. The molecule has 0 radical (unpaired) electrons. The molecule has 0 heterocycles. The van der Waals surface area contributed by atoms with E-state index in [0.29, 0.717) is 17.2 Å². The van der Waals surface area contributed by atoms with Crippen LogP contribution in [0.3, 0.4) is 0 Å². The highest BCUT2D eigenvalue weighted by molar-refractivity contribution is 7.92. The van der Waals surface area contributed by atoms with E-state index < -0.39 is 10.0 Å². The third kappa shape index (κ3) is 2.81. The van der Waals surface area contributed by atoms with Gasteiger partial charge in [-0.05, 0) is 30.9 Å². The summed E-state index contributed by atoms with van der Waals surface area (Å²) in [6.45, 7) is 0. The van der Waals surface area contributed by atoms with Crippen LogP contribution < -0.4 is 10.0 Å². The molecule has 6 heteroatoms. The highest BCUT2D eigenvalue weighted by Crippen LogP contribution is 2.32. The number of rotatable bonds is 5. The number of benzene rings is 1. The molecule has 3 N–H and O–H groups in total. The van der Waals surface area contributed by atoms with Crippen LogP contribution in [0.4, 0.5) is 5.69 Å². The molecular formula is C12H17N3O2S. The van der Waals surface area contributed by atoms with E-state index in [1.165, 1.54) is 11.4 Å². The van der Waals surface area contributed by atoms with Crippen LogP contribution in [-0.2, 0) is 10.0 Å². The predicted molar refractivity (Wildman–Crippen MR) is 72.4 cm³/mol. The molecule has 0 spiro atoms. The van der Waals surface area contributed by atoms with Crippen molar-refractivity contribution < 1.29 is 8.42 Å². The molecule has 0 amide bonds. The van der Waals surface area contributed by atoms with Gasteiger partial charge in [-0.25, -0.2) is 8.42 Å². The molecule has 0 saturated heterocycles. The molecule has 0 aromatic heterocycles. The van der Waals surface area contributed by atoms with Crippen LogP contribution >= 0.6 is 0 Å².